The number of para-hydroxylation sites is 4. The van der Waals surface area contributed by atoms with Crippen molar-refractivity contribution in [2.75, 3.05) is 0 Å². The van der Waals surface area contributed by atoms with Gasteiger partial charge in [0.05, 0.1) is 33.1 Å². The average Bonchev–Trinajstić information content (AvgIpc) is 1.59. The van der Waals surface area contributed by atoms with Crippen molar-refractivity contribution in [3.8, 4) is 142 Å². The minimum absolute atomic E-state index is 0.645. The van der Waals surface area contributed by atoms with Gasteiger partial charge in [0.25, 0.3) is 0 Å². The van der Waals surface area contributed by atoms with Crippen LogP contribution in [0.4, 0.5) is 0 Å². The zero-order valence-electron chi connectivity index (χ0n) is 68.7. The van der Waals surface area contributed by atoms with E-state index >= 15 is 0 Å². The van der Waals surface area contributed by atoms with Crippen molar-refractivity contribution in [2.45, 2.75) is 0 Å². The van der Waals surface area contributed by atoms with Crippen molar-refractivity contribution in [2.24, 2.45) is 0 Å². The first kappa shape index (κ1) is 75.8. The van der Waals surface area contributed by atoms with Gasteiger partial charge in [-0.1, -0.05) is 364 Å². The second-order valence-electron chi connectivity index (χ2n) is 31.2. The van der Waals surface area contributed by atoms with Crippen molar-refractivity contribution in [3.05, 3.63) is 461 Å². The smallest absolute Gasteiger partial charge is 0.164 e. The lowest BCUT2D eigenvalue weighted by atomic mass is 10.0. The number of nitrogens with zero attached hydrogens (tertiary/aromatic N) is 12. The molecule has 6 heterocycles. The maximum Gasteiger partial charge on any atom is 0.164 e. The lowest BCUT2D eigenvalue weighted by Gasteiger charge is -2.13. The molecule has 0 bridgehead atoms. The summed E-state index contributed by atoms with van der Waals surface area (Å²) in [5.74, 6) is 5.89. The Morgan fingerprint density at radius 2 is 0.378 bits per heavy atom. The van der Waals surface area contributed by atoms with E-state index in [0.717, 1.165) is 67.1 Å². The van der Waals surface area contributed by atoms with Gasteiger partial charge in [0.2, 0.25) is 0 Å². The maximum absolute atomic E-state index is 4.92. The van der Waals surface area contributed by atoms with E-state index in [1.54, 1.807) is 0 Å². The van der Waals surface area contributed by atoms with E-state index in [4.69, 9.17) is 44.9 Å². The summed E-state index contributed by atoms with van der Waals surface area (Å²) in [5, 5.41) is 9.90. The molecule has 0 amide bonds. The highest BCUT2D eigenvalue weighted by molar-refractivity contribution is 6.19. The van der Waals surface area contributed by atoms with Crippen LogP contribution in [0.25, 0.3) is 218 Å². The highest BCUT2D eigenvalue weighted by Gasteiger charge is 2.23. The number of benzene rings is 18. The maximum atomic E-state index is 4.92. The predicted octanol–water partition coefficient (Wildman–Crippen LogP) is 28.4. The molecule has 24 aromatic rings. The van der Waals surface area contributed by atoms with E-state index in [2.05, 4.69) is 293 Å². The monoisotopic (exact) mass is 1620 g/mol. The fourth-order valence-electron chi connectivity index (χ4n) is 17.3. The predicted molar refractivity (Wildman–Crippen MR) is 520 cm³/mol. The number of fused-ring (bicyclic) bond motifs is 11. The van der Waals surface area contributed by atoms with E-state index in [1.165, 1.54) is 98.4 Å². The van der Waals surface area contributed by atoms with Gasteiger partial charge in [0, 0.05) is 110 Å². The van der Waals surface area contributed by atoms with Crippen molar-refractivity contribution < 1.29 is 0 Å². The molecule has 18 aromatic carbocycles. The van der Waals surface area contributed by atoms with Crippen LogP contribution in [0.15, 0.2) is 461 Å². The summed E-state index contributed by atoms with van der Waals surface area (Å²) >= 11 is 0. The van der Waals surface area contributed by atoms with Gasteiger partial charge in [-0.3, -0.25) is 0 Å². The number of hydrogen-bond acceptors (Lipinski definition) is 9. The Kier molecular flexibility index (Phi) is 20.0. The van der Waals surface area contributed by atoms with Crippen LogP contribution in [-0.2, 0) is 0 Å². The largest absolute Gasteiger partial charge is 0.309 e. The van der Waals surface area contributed by atoms with E-state index in [1.807, 2.05) is 182 Å². The van der Waals surface area contributed by atoms with Gasteiger partial charge in [0.15, 0.2) is 52.4 Å². The Labute approximate surface area is 732 Å². The minimum atomic E-state index is 0.645. The molecule has 0 N–H and O–H groups in total. The van der Waals surface area contributed by atoms with E-state index in [9.17, 15) is 0 Å². The fourth-order valence-corrected chi connectivity index (χ4v) is 17.3. The third kappa shape index (κ3) is 14.8. The van der Waals surface area contributed by atoms with E-state index in [-0.39, 0.29) is 0 Å². The van der Waals surface area contributed by atoms with Gasteiger partial charge >= 0.3 is 0 Å². The first-order valence-electron chi connectivity index (χ1n) is 42.5. The molecule has 0 atom stereocenters. The van der Waals surface area contributed by atoms with Crippen LogP contribution in [0.2, 0.25) is 0 Å². The van der Waals surface area contributed by atoms with Crippen LogP contribution >= 0.6 is 0 Å². The molecule has 0 aliphatic carbocycles. The lowest BCUT2D eigenvalue weighted by Crippen LogP contribution is -2.00. The normalized spacial score (nSPS) is 11.3. The Balaban J connectivity index is 0.000000113. The molecule has 0 unspecified atom stereocenters. The zero-order chi connectivity index (χ0) is 84.4. The molecule has 0 saturated heterocycles. The lowest BCUT2D eigenvalue weighted by molar-refractivity contribution is 1.07. The van der Waals surface area contributed by atoms with Crippen molar-refractivity contribution >= 4 is 76.2 Å². The first-order valence-corrected chi connectivity index (χ1v) is 42.5. The summed E-state index contributed by atoms with van der Waals surface area (Å²) in [6.07, 6.45) is 0. The number of hydrogen-bond donors (Lipinski definition) is 0. The SMILES string of the molecule is c1ccc(-c2ccc3c4ccccc4n(-c4ccc(-c5nc(-c6ccccc6)nc(-c6ccccc6)n5)cc4)c3c2)cc1.c1ccc(-c2nc(-c3ccccc3)nc(-c3ccc(-n4c5ccccc5c5ccc6ccccc6c54)cc3)n2)cc1.c1ccc(-c2nc(-c3ccccc3)nc(-c3ccc(-n4c5ccccc5c5cccc(-c6ccccc6)c54)cc3)n2)cc1. The van der Waals surface area contributed by atoms with E-state index < -0.39 is 0 Å². The summed E-state index contributed by atoms with van der Waals surface area (Å²) in [7, 11) is 0. The molecule has 596 valence electrons. The highest BCUT2D eigenvalue weighted by Crippen LogP contribution is 2.42. The molecule has 0 saturated carbocycles. The van der Waals surface area contributed by atoms with Gasteiger partial charge in [-0.2, -0.15) is 0 Å². The zero-order valence-corrected chi connectivity index (χ0v) is 68.7. The highest BCUT2D eigenvalue weighted by atomic mass is 15.1. The van der Waals surface area contributed by atoms with Crippen LogP contribution in [0.5, 0.6) is 0 Å². The minimum Gasteiger partial charge on any atom is -0.309 e. The van der Waals surface area contributed by atoms with Gasteiger partial charge in [-0.05, 0) is 119 Å². The fraction of sp³-hybridized carbons (Fsp3) is 0. The third-order valence-electron chi connectivity index (χ3n) is 23.4. The Morgan fingerprint density at radius 1 is 0.134 bits per heavy atom. The van der Waals surface area contributed by atoms with Gasteiger partial charge in [-0.15, -0.1) is 0 Å². The van der Waals surface area contributed by atoms with Gasteiger partial charge in [0.1, 0.15) is 0 Å². The summed E-state index contributed by atoms with van der Waals surface area (Å²) in [6, 6.07) is 159. The number of rotatable bonds is 14. The van der Waals surface area contributed by atoms with Crippen molar-refractivity contribution in [3.63, 3.8) is 0 Å². The number of aromatic nitrogens is 12. The topological polar surface area (TPSA) is 131 Å². The van der Waals surface area contributed by atoms with Crippen LogP contribution in [0, 0.1) is 0 Å². The van der Waals surface area contributed by atoms with Crippen LogP contribution in [0.3, 0.4) is 0 Å². The van der Waals surface area contributed by atoms with Crippen molar-refractivity contribution in [1.29, 1.82) is 0 Å². The molecular weight excluding hydrogens is 1550 g/mol. The molecule has 0 spiro atoms. The molecule has 12 nitrogen and oxygen atoms in total. The Bertz CT molecular complexity index is 7950. The second kappa shape index (κ2) is 33.6. The molecule has 0 fully saturated rings. The quantitative estimate of drug-likeness (QED) is 0.104. The van der Waals surface area contributed by atoms with Crippen LogP contribution in [0.1, 0.15) is 0 Å². The summed E-state index contributed by atoms with van der Waals surface area (Å²) < 4.78 is 7.09. The standard InChI is InChI=1S/2C39H26N4.C37H24N4/c1-4-13-27(14-5-1)32-20-12-21-34-33-19-10-11-22-35(33)43(36(32)34)31-25-23-30(24-26-31)39-41-37(28-15-6-2-7-16-28)40-38(42-39)29-17-8-3-9-18-29;1-4-12-27(13-5-1)31-22-25-34-33-18-10-11-19-35(33)43(36(34)26-31)32-23-20-30(21-24-32)39-41-37(28-14-6-2-7-15-28)40-38(42-39)29-16-8-3-9-17-29;1-3-12-26(13-4-1)35-38-36(27-14-5-2-6-15-27)40-37(39-35)28-19-22-29(23-20-28)41-33-18-10-9-17-31(33)32-24-21-25-11-7-8-16-30(25)34(32)41/h2*1-26H;1-24H. The molecule has 0 radical (unpaired) electrons. The Hall–Kier alpha value is -17.4. The van der Waals surface area contributed by atoms with Crippen LogP contribution < -0.4 is 0 Å². The molecule has 127 heavy (non-hydrogen) atoms. The first-order chi connectivity index (χ1) is 63.0. The van der Waals surface area contributed by atoms with Crippen LogP contribution in [-0.4, -0.2) is 58.6 Å². The molecule has 24 rings (SSSR count). The second-order valence-corrected chi connectivity index (χ2v) is 31.2. The van der Waals surface area contributed by atoms with Gasteiger partial charge in [-0.25, -0.2) is 44.9 Å². The summed E-state index contributed by atoms with van der Waals surface area (Å²) in [6.45, 7) is 0. The molecule has 0 aliphatic rings. The summed E-state index contributed by atoms with van der Waals surface area (Å²) in [5.41, 5.74) is 23.7. The van der Waals surface area contributed by atoms with Gasteiger partial charge < -0.3 is 13.7 Å². The average molecular weight is 1630 g/mol. The Morgan fingerprint density at radius 3 is 0.748 bits per heavy atom. The molecule has 12 heteroatoms. The van der Waals surface area contributed by atoms with E-state index in [0.29, 0.717) is 52.4 Å². The van der Waals surface area contributed by atoms with Crippen molar-refractivity contribution in [1.82, 2.24) is 58.6 Å². The summed E-state index contributed by atoms with van der Waals surface area (Å²) in [4.78, 5) is 44.0. The molecule has 6 aromatic heterocycles. The third-order valence-corrected chi connectivity index (χ3v) is 23.4. The molecule has 0 aliphatic heterocycles. The molecular formula is C115H76N12.